The molecule has 10 heteroatoms. The summed E-state index contributed by atoms with van der Waals surface area (Å²) in [6.07, 6.45) is 8.99. The Labute approximate surface area is 576 Å². The van der Waals surface area contributed by atoms with Gasteiger partial charge in [-0.25, -0.2) is 0 Å². The number of rotatable bonds is 11. The molecule has 0 aliphatic rings. The van der Waals surface area contributed by atoms with Crippen molar-refractivity contribution in [3.8, 4) is 67.4 Å². The maximum atomic E-state index is 6.41. The molecule has 0 aliphatic heterocycles. The van der Waals surface area contributed by atoms with Crippen molar-refractivity contribution in [1.82, 2.24) is 29.5 Å². The first kappa shape index (κ1) is 59.9. The minimum Gasteiger partial charge on any atom is -0.576 e. The fourth-order valence-corrected chi connectivity index (χ4v) is 15.1. The number of benzene rings is 13. The molecule has 0 N–H and O–H groups in total. The van der Waals surface area contributed by atoms with Gasteiger partial charge in [0, 0.05) is 74.4 Å². The smallest absolute Gasteiger partial charge is 0.576 e. The van der Waals surface area contributed by atoms with Crippen molar-refractivity contribution in [3.63, 3.8) is 0 Å². The highest BCUT2D eigenvalue weighted by Gasteiger charge is 2.46. The molecule has 19 rings (SSSR count). The molecule has 19 aromatic rings. The van der Waals surface area contributed by atoms with Gasteiger partial charge in [-0.05, 0) is 139 Å². The van der Waals surface area contributed by atoms with Crippen LogP contribution in [0.4, 0.5) is 0 Å². The molecule has 13 aromatic carbocycles. The summed E-state index contributed by atoms with van der Waals surface area (Å²) < 4.78 is 21.6. The van der Waals surface area contributed by atoms with Gasteiger partial charge in [0.2, 0.25) is 0 Å². The predicted octanol–water partition coefficient (Wildman–Crippen LogP) is 22.4. The van der Waals surface area contributed by atoms with Crippen LogP contribution in [0.1, 0.15) is 0 Å². The molecular formula is C89H59AlN6O3. The van der Waals surface area contributed by atoms with Gasteiger partial charge in [0.1, 0.15) is 33.8 Å². The molecule has 0 bridgehead atoms. The average Bonchev–Trinajstić information content (AvgIpc) is 1.73. The van der Waals surface area contributed by atoms with Crippen LogP contribution in [-0.4, -0.2) is 44.6 Å². The van der Waals surface area contributed by atoms with E-state index >= 15 is 0 Å². The van der Waals surface area contributed by atoms with Crippen molar-refractivity contribution in [1.29, 1.82) is 0 Å². The van der Waals surface area contributed by atoms with Crippen LogP contribution in [0.25, 0.3) is 148 Å². The second-order valence-corrected chi connectivity index (χ2v) is 25.4. The van der Waals surface area contributed by atoms with Crippen LogP contribution >= 0.6 is 0 Å². The van der Waals surface area contributed by atoms with Gasteiger partial charge in [-0.2, -0.15) is 0 Å². The Bertz CT molecular complexity index is 5760. The van der Waals surface area contributed by atoms with Gasteiger partial charge in [0.05, 0.1) is 22.1 Å². The summed E-state index contributed by atoms with van der Waals surface area (Å²) in [6.45, 7) is 0. The summed E-state index contributed by atoms with van der Waals surface area (Å²) in [6, 6.07) is 113. The first-order valence-corrected chi connectivity index (χ1v) is 34.4. The van der Waals surface area contributed by atoms with Crippen LogP contribution in [0.3, 0.4) is 0 Å². The fraction of sp³-hybridized carbons (Fsp3) is 0. The van der Waals surface area contributed by atoms with Crippen molar-refractivity contribution in [2.24, 2.45) is 0 Å². The zero-order valence-corrected chi connectivity index (χ0v) is 54.7. The van der Waals surface area contributed by atoms with Crippen molar-refractivity contribution < 1.29 is 11.4 Å². The SMILES string of the molecule is c1ccc(-c2c3ccccc3c(-c3ccc(-n4c5ccccc5c5ccccc54)cc3)c3ccccc23)cc1.c1ccc(-c2ccnc3c2ccc2c(-c4ccccc4)ccnc23)cc1.c1cnc2c([O][Al]([O]c3cccc4cccnc34)[O]c3cccc4cccnc34)cccc2c1. The minimum absolute atomic E-state index is 0.608. The summed E-state index contributed by atoms with van der Waals surface area (Å²) in [5.41, 5.74) is 17.6. The number of fused-ring (bicyclic) bond motifs is 11. The number of pyridine rings is 5. The van der Waals surface area contributed by atoms with Crippen molar-refractivity contribution >= 4 is 113 Å². The number of para-hydroxylation sites is 5. The van der Waals surface area contributed by atoms with E-state index in [2.05, 4.69) is 254 Å². The Morgan fingerprint density at radius 3 is 0.939 bits per heavy atom. The monoisotopic (exact) mass is 1290 g/mol. The van der Waals surface area contributed by atoms with Gasteiger partial charge < -0.3 is 15.9 Å². The second-order valence-electron chi connectivity index (χ2n) is 24.1. The molecule has 9 nitrogen and oxygen atoms in total. The molecule has 0 fully saturated rings. The van der Waals surface area contributed by atoms with Crippen molar-refractivity contribution in [2.45, 2.75) is 0 Å². The molecule has 6 aromatic heterocycles. The summed E-state index contributed by atoms with van der Waals surface area (Å²) >= 11 is -2.86. The van der Waals surface area contributed by atoms with Gasteiger partial charge >= 0.3 is 15.1 Å². The summed E-state index contributed by atoms with van der Waals surface area (Å²) in [5.74, 6) is 1.82. The van der Waals surface area contributed by atoms with E-state index in [0.717, 1.165) is 54.5 Å². The first-order valence-electron chi connectivity index (χ1n) is 33.0. The van der Waals surface area contributed by atoms with E-state index in [4.69, 9.17) is 11.4 Å². The van der Waals surface area contributed by atoms with Crippen LogP contribution in [-0.2, 0) is 0 Å². The Kier molecular flexibility index (Phi) is 16.2. The molecule has 6 heterocycles. The summed E-state index contributed by atoms with van der Waals surface area (Å²) in [7, 11) is 0. The van der Waals surface area contributed by atoms with E-state index in [1.165, 1.54) is 93.5 Å². The highest BCUT2D eigenvalue weighted by Crippen LogP contribution is 2.45. The standard InChI is InChI=1S/C38H25N.C24H16N2.3C9H7NO.Al/c1-2-12-26(13-3-1)37-31-16-4-6-18-33(31)38(34-19-7-5-17-32(34)37)27-22-24-28(25-23-27)39-35-20-10-8-14-29(35)30-15-9-11-21-36(30)39;1-3-7-17(8-4-1)19-13-15-25-23-21(19)11-12-22-20(14-16-26-24(22)23)18-9-5-2-6-10-18;3*11-8-5-1-3-7-4-2-6-10-9(7)8;/h1-25H;1-16H;3*1-6,11H;/q;;;;;+3/p-3. The fourth-order valence-electron chi connectivity index (χ4n) is 13.8. The quantitative estimate of drug-likeness (QED) is 0.0718. The molecule has 466 valence electrons. The summed E-state index contributed by atoms with van der Waals surface area (Å²) in [5, 5.41) is 12.9. The van der Waals surface area contributed by atoms with E-state index in [0.29, 0.717) is 17.2 Å². The second kappa shape index (κ2) is 26.8. The maximum absolute atomic E-state index is 6.41. The van der Waals surface area contributed by atoms with E-state index in [1.807, 2.05) is 116 Å². The lowest BCUT2D eigenvalue weighted by Crippen LogP contribution is -2.37. The van der Waals surface area contributed by atoms with Crippen LogP contribution in [0.5, 0.6) is 17.2 Å². The molecular weight excluding hydrogens is 1230 g/mol. The molecule has 0 radical (unpaired) electrons. The lowest BCUT2D eigenvalue weighted by Gasteiger charge is -2.18. The molecule has 0 saturated carbocycles. The highest BCUT2D eigenvalue weighted by molar-refractivity contribution is 6.40. The van der Waals surface area contributed by atoms with Gasteiger partial charge in [-0.15, -0.1) is 0 Å². The summed E-state index contributed by atoms with van der Waals surface area (Å²) in [4.78, 5) is 22.9. The number of aromatic nitrogens is 6. The highest BCUT2D eigenvalue weighted by atomic mass is 27.3. The maximum Gasteiger partial charge on any atom is 1.20 e. The zero-order chi connectivity index (χ0) is 65.9. The van der Waals surface area contributed by atoms with E-state index in [-0.39, 0.29) is 0 Å². The predicted molar refractivity (Wildman–Crippen MR) is 407 cm³/mol. The molecule has 0 unspecified atom stereocenters. The van der Waals surface area contributed by atoms with Crippen molar-refractivity contribution in [3.05, 3.63) is 359 Å². The third-order valence-corrected chi connectivity index (χ3v) is 19.6. The largest absolute Gasteiger partial charge is 1.20 e. The van der Waals surface area contributed by atoms with Crippen LogP contribution in [0.15, 0.2) is 359 Å². The van der Waals surface area contributed by atoms with Crippen LogP contribution < -0.4 is 11.4 Å². The Morgan fingerprint density at radius 2 is 0.545 bits per heavy atom. The molecule has 0 saturated heterocycles. The van der Waals surface area contributed by atoms with E-state index in [1.54, 1.807) is 18.6 Å². The van der Waals surface area contributed by atoms with Crippen molar-refractivity contribution in [2.75, 3.05) is 0 Å². The molecule has 0 spiro atoms. The van der Waals surface area contributed by atoms with Gasteiger partial charge in [-0.3, -0.25) is 24.9 Å². The molecule has 0 atom stereocenters. The number of hydrogen-bond donors (Lipinski definition) is 0. The van der Waals surface area contributed by atoms with Gasteiger partial charge in [-0.1, -0.05) is 255 Å². The minimum atomic E-state index is -2.86. The normalized spacial score (nSPS) is 11.2. The molecule has 0 amide bonds. The lowest BCUT2D eigenvalue weighted by atomic mass is 9.86. The Morgan fingerprint density at radius 1 is 0.222 bits per heavy atom. The molecule has 99 heavy (non-hydrogen) atoms. The number of nitrogens with zero attached hydrogens (tertiary/aromatic N) is 6. The molecule has 0 aliphatic carbocycles. The van der Waals surface area contributed by atoms with Crippen LogP contribution in [0, 0.1) is 0 Å². The number of hydrogen-bond acceptors (Lipinski definition) is 8. The topological polar surface area (TPSA) is 97.1 Å². The van der Waals surface area contributed by atoms with Gasteiger partial charge in [0.15, 0.2) is 0 Å². The Balaban J connectivity index is 0.000000114. The lowest BCUT2D eigenvalue weighted by molar-refractivity contribution is 0.311. The Hall–Kier alpha value is -12.8. The van der Waals surface area contributed by atoms with E-state index < -0.39 is 15.1 Å². The first-order chi connectivity index (χ1) is 49.1. The van der Waals surface area contributed by atoms with Crippen LogP contribution in [0.2, 0.25) is 0 Å². The third kappa shape index (κ3) is 11.6. The third-order valence-electron chi connectivity index (χ3n) is 18.2. The van der Waals surface area contributed by atoms with Gasteiger partial charge in [0.25, 0.3) is 0 Å². The average molecular weight is 1290 g/mol. The zero-order valence-electron chi connectivity index (χ0n) is 53.5. The van der Waals surface area contributed by atoms with E-state index in [9.17, 15) is 0 Å².